The van der Waals surface area contributed by atoms with Gasteiger partial charge in [-0.05, 0) is 124 Å². The Morgan fingerprint density at radius 1 is 0.636 bits per heavy atom. The second-order valence-electron chi connectivity index (χ2n) is 16.1. The van der Waals surface area contributed by atoms with Gasteiger partial charge in [0.15, 0.2) is 0 Å². The van der Waals surface area contributed by atoms with Crippen molar-refractivity contribution in [2.24, 2.45) is 0 Å². The third kappa shape index (κ3) is 5.57. The molecule has 0 aromatic heterocycles. The summed E-state index contributed by atoms with van der Waals surface area (Å²) >= 11 is 0. The van der Waals surface area contributed by atoms with Crippen molar-refractivity contribution >= 4 is 11.4 Å². The van der Waals surface area contributed by atoms with Gasteiger partial charge in [0.2, 0.25) is 0 Å². The third-order valence-electron chi connectivity index (χ3n) is 11.0. The fourth-order valence-electron chi connectivity index (χ4n) is 8.08. The molecular weight excluding hydrogens is 532 g/mol. The van der Waals surface area contributed by atoms with E-state index in [-0.39, 0.29) is 21.7 Å². The smallest absolute Gasteiger partial charge is 0.0376 e. The number of hydrogen-bond acceptors (Lipinski definition) is 2. The Hall–Kier alpha value is -3.52. The van der Waals surface area contributed by atoms with Crippen LogP contribution in [0.1, 0.15) is 116 Å². The van der Waals surface area contributed by atoms with Crippen LogP contribution in [0.3, 0.4) is 0 Å². The molecule has 1 unspecified atom stereocenters. The lowest BCUT2D eigenvalue weighted by Crippen LogP contribution is -2.26. The zero-order valence-electron chi connectivity index (χ0n) is 29.1. The minimum absolute atomic E-state index is 0.0102. The van der Waals surface area contributed by atoms with E-state index in [1.165, 1.54) is 55.6 Å². The Morgan fingerprint density at radius 3 is 1.91 bits per heavy atom. The minimum atomic E-state index is -0.0516. The van der Waals surface area contributed by atoms with Gasteiger partial charge in [0.05, 0.1) is 0 Å². The monoisotopic (exact) mass is 586 g/mol. The summed E-state index contributed by atoms with van der Waals surface area (Å²) in [7, 11) is 0. The maximum Gasteiger partial charge on any atom is 0.0376 e. The first-order valence-corrected chi connectivity index (χ1v) is 16.3. The topological polar surface area (TPSA) is 52.0 Å². The van der Waals surface area contributed by atoms with Gasteiger partial charge >= 0.3 is 0 Å². The van der Waals surface area contributed by atoms with Crippen molar-refractivity contribution in [2.75, 3.05) is 11.5 Å². The van der Waals surface area contributed by atoms with Gasteiger partial charge in [-0.15, -0.1) is 0 Å². The fourth-order valence-corrected chi connectivity index (χ4v) is 8.08. The first-order valence-electron chi connectivity index (χ1n) is 16.3. The molecule has 4 aromatic rings. The molecule has 5 rings (SSSR count). The van der Waals surface area contributed by atoms with Crippen LogP contribution < -0.4 is 11.5 Å². The highest BCUT2D eigenvalue weighted by molar-refractivity contribution is 5.58. The maximum atomic E-state index is 6.42. The molecule has 232 valence electrons. The quantitative estimate of drug-likeness (QED) is 0.212. The van der Waals surface area contributed by atoms with Gasteiger partial charge in [0.1, 0.15) is 0 Å². The lowest BCUT2D eigenvalue weighted by molar-refractivity contribution is 0.423. The number of aryl methyl sites for hydroxylation is 3. The Balaban J connectivity index is 1.49. The molecule has 1 atom stereocenters. The van der Waals surface area contributed by atoms with Crippen LogP contribution in [-0.4, -0.2) is 0 Å². The molecule has 4 aromatic carbocycles. The van der Waals surface area contributed by atoms with E-state index in [0.717, 1.165) is 36.2 Å². The normalized spacial score (nSPS) is 18.0. The molecule has 2 heteroatoms. The first-order chi connectivity index (χ1) is 20.4. The highest BCUT2D eigenvalue weighted by Crippen LogP contribution is 2.54. The molecule has 1 aliphatic rings. The van der Waals surface area contributed by atoms with Crippen molar-refractivity contribution in [2.45, 2.75) is 117 Å². The van der Waals surface area contributed by atoms with E-state index in [4.69, 9.17) is 11.5 Å². The van der Waals surface area contributed by atoms with Crippen molar-refractivity contribution in [3.63, 3.8) is 0 Å². The van der Waals surface area contributed by atoms with E-state index in [1.807, 2.05) is 0 Å². The Kier molecular flexibility index (Phi) is 7.85. The van der Waals surface area contributed by atoms with Crippen molar-refractivity contribution in [3.8, 4) is 0 Å². The minimum Gasteiger partial charge on any atom is -0.398 e. The van der Waals surface area contributed by atoms with Crippen LogP contribution in [0.2, 0.25) is 0 Å². The predicted molar refractivity (Wildman–Crippen MR) is 191 cm³/mol. The van der Waals surface area contributed by atoms with E-state index in [0.29, 0.717) is 0 Å². The highest BCUT2D eigenvalue weighted by atomic mass is 14.6. The van der Waals surface area contributed by atoms with Crippen molar-refractivity contribution in [3.05, 3.63) is 128 Å². The summed E-state index contributed by atoms with van der Waals surface area (Å²) in [5.74, 6) is 0. The molecule has 0 saturated heterocycles. The number of nitrogens with two attached hydrogens (primary N) is 2. The zero-order chi connectivity index (χ0) is 32.4. The summed E-state index contributed by atoms with van der Waals surface area (Å²) in [6.45, 7) is 25.3. The second-order valence-corrected chi connectivity index (χ2v) is 16.1. The van der Waals surface area contributed by atoms with Crippen LogP contribution in [0.25, 0.3) is 0 Å². The summed E-state index contributed by atoms with van der Waals surface area (Å²) in [6.07, 6.45) is 3.03. The molecule has 44 heavy (non-hydrogen) atoms. The number of hydrogen-bond donors (Lipinski definition) is 2. The molecule has 0 saturated carbocycles. The standard InChI is InChI=1S/C42H54N2/c1-26-15-16-31(29(4)38(26)44)24-40(7,8)33-17-18-35-36(22-33)41(9,10)25-42(35,11)34-14-12-13-32(21-34)39(5,6)23-30-19-27(2)37(43)28(3)20-30/h12-22H,23-25,43-44H2,1-11H3. The third-order valence-corrected chi connectivity index (χ3v) is 11.0. The first kappa shape index (κ1) is 31.9. The van der Waals surface area contributed by atoms with Gasteiger partial charge in [-0.1, -0.05) is 115 Å². The van der Waals surface area contributed by atoms with E-state index >= 15 is 0 Å². The molecule has 0 amide bonds. The lowest BCUT2D eigenvalue weighted by atomic mass is 9.72. The van der Waals surface area contributed by atoms with Crippen LogP contribution >= 0.6 is 0 Å². The van der Waals surface area contributed by atoms with E-state index in [2.05, 4.69) is 143 Å². The van der Waals surface area contributed by atoms with E-state index < -0.39 is 0 Å². The molecule has 0 bridgehead atoms. The van der Waals surface area contributed by atoms with Gasteiger partial charge in [0.25, 0.3) is 0 Å². The van der Waals surface area contributed by atoms with Crippen LogP contribution in [-0.2, 0) is 34.5 Å². The Labute approximate surface area is 267 Å². The van der Waals surface area contributed by atoms with Gasteiger partial charge in [0, 0.05) is 16.8 Å². The molecule has 2 nitrogen and oxygen atoms in total. The van der Waals surface area contributed by atoms with Crippen LogP contribution in [0, 0.1) is 27.7 Å². The molecule has 0 radical (unpaired) electrons. The molecule has 0 aliphatic heterocycles. The van der Waals surface area contributed by atoms with Crippen LogP contribution in [0.15, 0.2) is 66.7 Å². The number of anilines is 2. The van der Waals surface area contributed by atoms with Crippen molar-refractivity contribution in [1.82, 2.24) is 0 Å². The Morgan fingerprint density at radius 2 is 1.25 bits per heavy atom. The SMILES string of the molecule is Cc1cc(CC(C)(C)c2cccc(C3(C)CC(C)(C)c4cc(C(C)(C)Cc5ccc(C)c(N)c5C)ccc43)c2)cc(C)c1N. The van der Waals surface area contributed by atoms with Gasteiger partial charge < -0.3 is 11.5 Å². The number of nitrogen functional groups attached to an aromatic ring is 2. The average Bonchev–Trinajstić information content (AvgIpc) is 3.17. The van der Waals surface area contributed by atoms with Gasteiger partial charge in [-0.25, -0.2) is 0 Å². The van der Waals surface area contributed by atoms with Gasteiger partial charge in [-0.2, -0.15) is 0 Å². The van der Waals surface area contributed by atoms with E-state index in [1.54, 1.807) is 0 Å². The lowest BCUT2D eigenvalue weighted by Gasteiger charge is -2.32. The summed E-state index contributed by atoms with van der Waals surface area (Å²) < 4.78 is 0. The molecule has 1 aliphatic carbocycles. The number of benzene rings is 4. The average molecular weight is 587 g/mol. The largest absolute Gasteiger partial charge is 0.398 e. The summed E-state index contributed by atoms with van der Waals surface area (Å²) in [4.78, 5) is 0. The predicted octanol–water partition coefficient (Wildman–Crippen LogP) is 10.1. The maximum absolute atomic E-state index is 6.42. The van der Waals surface area contributed by atoms with Crippen LogP contribution in [0.5, 0.6) is 0 Å². The second kappa shape index (κ2) is 10.8. The van der Waals surface area contributed by atoms with Crippen LogP contribution in [0.4, 0.5) is 11.4 Å². The van der Waals surface area contributed by atoms with Gasteiger partial charge in [-0.3, -0.25) is 0 Å². The molecule has 0 heterocycles. The molecule has 0 spiro atoms. The zero-order valence-corrected chi connectivity index (χ0v) is 29.1. The van der Waals surface area contributed by atoms with Crippen molar-refractivity contribution in [1.29, 1.82) is 0 Å². The number of fused-ring (bicyclic) bond motifs is 1. The molecule has 0 fully saturated rings. The Bertz CT molecular complexity index is 1710. The van der Waals surface area contributed by atoms with E-state index in [9.17, 15) is 0 Å². The summed E-state index contributed by atoms with van der Waals surface area (Å²) in [6, 6.07) is 25.7. The summed E-state index contributed by atoms with van der Waals surface area (Å²) in [5.41, 5.74) is 29.1. The molecule has 4 N–H and O–H groups in total. The van der Waals surface area contributed by atoms with Crippen molar-refractivity contribution < 1.29 is 0 Å². The molecular formula is C42H54N2. The fraction of sp³-hybridized carbons (Fsp3) is 0.429. The highest BCUT2D eigenvalue weighted by Gasteiger charge is 2.46. The number of rotatable bonds is 7. The summed E-state index contributed by atoms with van der Waals surface area (Å²) in [5, 5.41) is 0.